The molecule has 4 rings (SSSR count). The summed E-state index contributed by atoms with van der Waals surface area (Å²) >= 11 is 4.98. The minimum atomic E-state index is -0.156. The Hall–Kier alpha value is -2.57. The number of nitrogens with zero attached hydrogens (tertiary/aromatic N) is 1. The molecule has 4 nitrogen and oxygen atoms in total. The molecule has 0 unspecified atom stereocenters. The number of carbonyl (C=O) groups excluding carboxylic acids is 2. The number of anilines is 2. The van der Waals surface area contributed by atoms with E-state index in [1.165, 1.54) is 0 Å². The Labute approximate surface area is 182 Å². The summed E-state index contributed by atoms with van der Waals surface area (Å²) in [6.45, 7) is 2.02. The van der Waals surface area contributed by atoms with Crippen molar-refractivity contribution in [3.8, 4) is 0 Å². The van der Waals surface area contributed by atoms with Crippen molar-refractivity contribution >= 4 is 50.9 Å². The first-order chi connectivity index (χ1) is 14.0. The van der Waals surface area contributed by atoms with Crippen LogP contribution in [0, 0.1) is 6.92 Å². The molecule has 0 aliphatic carbocycles. The molecule has 146 valence electrons. The minimum Gasteiger partial charge on any atom is -0.322 e. The summed E-state index contributed by atoms with van der Waals surface area (Å²) in [6, 6.07) is 22.9. The van der Waals surface area contributed by atoms with E-state index in [2.05, 4.69) is 21.2 Å². The molecule has 1 heterocycles. The molecule has 6 heteroatoms. The molecule has 0 radical (unpaired) electrons. The lowest BCUT2D eigenvalue weighted by atomic mass is 10.1. The lowest BCUT2D eigenvalue weighted by molar-refractivity contribution is -0.115. The Balaban J connectivity index is 1.51. The number of hydrogen-bond acceptors (Lipinski definition) is 3. The van der Waals surface area contributed by atoms with Gasteiger partial charge in [-0.05, 0) is 66.6 Å². The van der Waals surface area contributed by atoms with Crippen LogP contribution in [0.5, 0.6) is 0 Å². The van der Waals surface area contributed by atoms with Crippen LogP contribution in [-0.4, -0.2) is 17.6 Å². The normalized spacial score (nSPS) is 16.1. The van der Waals surface area contributed by atoms with Crippen molar-refractivity contribution in [3.63, 3.8) is 0 Å². The van der Waals surface area contributed by atoms with Crippen LogP contribution < -0.4 is 10.2 Å². The number of nitrogens with one attached hydrogen (secondary N) is 1. The van der Waals surface area contributed by atoms with Gasteiger partial charge in [-0.3, -0.25) is 14.5 Å². The van der Waals surface area contributed by atoms with Gasteiger partial charge >= 0.3 is 0 Å². The molecule has 0 saturated carbocycles. The second-order valence-electron chi connectivity index (χ2n) is 6.85. The van der Waals surface area contributed by atoms with Crippen LogP contribution >= 0.6 is 27.7 Å². The molecule has 3 aromatic carbocycles. The van der Waals surface area contributed by atoms with Gasteiger partial charge in [0.25, 0.3) is 5.91 Å². The number of hydrogen-bond donors (Lipinski definition) is 1. The van der Waals surface area contributed by atoms with E-state index in [4.69, 9.17) is 0 Å². The van der Waals surface area contributed by atoms with Gasteiger partial charge in [-0.1, -0.05) is 40.2 Å². The van der Waals surface area contributed by atoms with Crippen molar-refractivity contribution in [2.24, 2.45) is 0 Å². The number of carbonyl (C=O) groups is 2. The highest BCUT2D eigenvalue weighted by molar-refractivity contribution is 9.10. The highest BCUT2D eigenvalue weighted by atomic mass is 79.9. The molecule has 3 aromatic rings. The van der Waals surface area contributed by atoms with Gasteiger partial charge < -0.3 is 5.32 Å². The third-order valence-electron chi connectivity index (χ3n) is 4.71. The molecule has 1 N–H and O–H groups in total. The van der Waals surface area contributed by atoms with Gasteiger partial charge in [-0.15, -0.1) is 11.8 Å². The summed E-state index contributed by atoms with van der Waals surface area (Å²) in [6.07, 6.45) is 0. The molecule has 1 fully saturated rings. The van der Waals surface area contributed by atoms with E-state index in [0.717, 1.165) is 27.0 Å². The van der Waals surface area contributed by atoms with Crippen molar-refractivity contribution in [2.45, 2.75) is 12.3 Å². The van der Waals surface area contributed by atoms with Crippen LogP contribution in [0.2, 0.25) is 0 Å². The molecule has 29 heavy (non-hydrogen) atoms. The van der Waals surface area contributed by atoms with E-state index < -0.39 is 0 Å². The van der Waals surface area contributed by atoms with Crippen molar-refractivity contribution < 1.29 is 9.59 Å². The van der Waals surface area contributed by atoms with Gasteiger partial charge in [0.05, 0.1) is 5.75 Å². The number of benzene rings is 3. The molecule has 2 amide bonds. The quantitative estimate of drug-likeness (QED) is 0.529. The third kappa shape index (κ3) is 4.38. The first-order valence-corrected chi connectivity index (χ1v) is 11.0. The zero-order valence-electron chi connectivity index (χ0n) is 15.8. The monoisotopic (exact) mass is 466 g/mol. The second kappa shape index (κ2) is 8.43. The highest BCUT2D eigenvalue weighted by Crippen LogP contribution is 2.42. The predicted molar refractivity (Wildman–Crippen MR) is 122 cm³/mol. The molecule has 0 aromatic heterocycles. The van der Waals surface area contributed by atoms with Crippen molar-refractivity contribution in [1.82, 2.24) is 0 Å². The Kier molecular flexibility index (Phi) is 5.74. The average Bonchev–Trinajstić information content (AvgIpc) is 3.10. The summed E-state index contributed by atoms with van der Waals surface area (Å²) in [7, 11) is 0. The Morgan fingerprint density at radius 2 is 1.79 bits per heavy atom. The predicted octanol–water partition coefficient (Wildman–Crippen LogP) is 5.79. The van der Waals surface area contributed by atoms with E-state index in [0.29, 0.717) is 11.3 Å². The summed E-state index contributed by atoms with van der Waals surface area (Å²) in [5.41, 5.74) is 4.39. The summed E-state index contributed by atoms with van der Waals surface area (Å²) in [5.74, 6) is 0.413. The van der Waals surface area contributed by atoms with Gasteiger partial charge in [0.1, 0.15) is 5.37 Å². The van der Waals surface area contributed by atoms with Crippen molar-refractivity contribution in [3.05, 3.63) is 94.0 Å². The number of thioether (sulfide) groups is 1. The standard InChI is InChI=1S/C23H19BrN2O2S/c1-15-3-2-4-20(13-15)26-21(27)14-29-23(26)17-7-11-19(12-8-17)25-22(28)16-5-9-18(24)10-6-16/h2-13,23H,14H2,1H3,(H,25,28)/t23-/m0/s1. The van der Waals surface area contributed by atoms with Gasteiger partial charge in [-0.2, -0.15) is 0 Å². The van der Waals surface area contributed by atoms with Crippen LogP contribution in [0.15, 0.2) is 77.3 Å². The number of aryl methyl sites for hydroxylation is 1. The molecular formula is C23H19BrN2O2S. The fourth-order valence-electron chi connectivity index (χ4n) is 3.26. The number of amides is 2. The summed E-state index contributed by atoms with van der Waals surface area (Å²) in [5, 5.41) is 2.84. The van der Waals surface area contributed by atoms with E-state index in [-0.39, 0.29) is 17.2 Å². The molecule has 1 aliphatic rings. The fourth-order valence-corrected chi connectivity index (χ4v) is 4.70. The van der Waals surface area contributed by atoms with Crippen LogP contribution in [0.4, 0.5) is 11.4 Å². The summed E-state index contributed by atoms with van der Waals surface area (Å²) in [4.78, 5) is 26.8. The fraction of sp³-hybridized carbons (Fsp3) is 0.130. The second-order valence-corrected chi connectivity index (χ2v) is 8.83. The highest BCUT2D eigenvalue weighted by Gasteiger charge is 2.34. The first kappa shape index (κ1) is 19.7. The number of rotatable bonds is 4. The van der Waals surface area contributed by atoms with Gasteiger partial charge in [0.2, 0.25) is 5.91 Å². The molecule has 0 spiro atoms. The van der Waals surface area contributed by atoms with Crippen LogP contribution in [0.1, 0.15) is 26.9 Å². The Morgan fingerprint density at radius 3 is 2.48 bits per heavy atom. The van der Waals surface area contributed by atoms with Crippen LogP contribution in [-0.2, 0) is 4.79 Å². The van der Waals surface area contributed by atoms with E-state index in [1.54, 1.807) is 23.9 Å². The van der Waals surface area contributed by atoms with E-state index in [1.807, 2.05) is 72.5 Å². The van der Waals surface area contributed by atoms with Crippen LogP contribution in [0.3, 0.4) is 0 Å². The largest absolute Gasteiger partial charge is 0.322 e. The average molecular weight is 467 g/mol. The SMILES string of the molecule is Cc1cccc(N2C(=O)CS[C@H]2c2ccc(NC(=O)c3ccc(Br)cc3)cc2)c1. The molecule has 1 atom stereocenters. The van der Waals surface area contributed by atoms with Gasteiger partial charge in [0.15, 0.2) is 0 Å². The topological polar surface area (TPSA) is 49.4 Å². The molecule has 1 saturated heterocycles. The third-order valence-corrected chi connectivity index (χ3v) is 6.45. The maximum absolute atomic E-state index is 12.5. The Bertz CT molecular complexity index is 1050. The van der Waals surface area contributed by atoms with E-state index >= 15 is 0 Å². The molecule has 0 bridgehead atoms. The van der Waals surface area contributed by atoms with Crippen molar-refractivity contribution in [1.29, 1.82) is 0 Å². The maximum Gasteiger partial charge on any atom is 0.255 e. The van der Waals surface area contributed by atoms with Gasteiger partial charge in [-0.25, -0.2) is 0 Å². The smallest absolute Gasteiger partial charge is 0.255 e. The molecular weight excluding hydrogens is 448 g/mol. The van der Waals surface area contributed by atoms with Gasteiger partial charge in [0, 0.05) is 21.4 Å². The Morgan fingerprint density at radius 1 is 1.07 bits per heavy atom. The van der Waals surface area contributed by atoms with Crippen LogP contribution in [0.25, 0.3) is 0 Å². The molecule has 1 aliphatic heterocycles. The zero-order chi connectivity index (χ0) is 20.4. The van der Waals surface area contributed by atoms with Crippen molar-refractivity contribution in [2.75, 3.05) is 16.0 Å². The van der Waals surface area contributed by atoms with E-state index in [9.17, 15) is 9.59 Å². The minimum absolute atomic E-state index is 0.0690. The first-order valence-electron chi connectivity index (χ1n) is 9.18. The number of halogens is 1. The maximum atomic E-state index is 12.5. The zero-order valence-corrected chi connectivity index (χ0v) is 18.2. The lowest BCUT2D eigenvalue weighted by Crippen LogP contribution is -2.27. The lowest BCUT2D eigenvalue weighted by Gasteiger charge is -2.25. The summed E-state index contributed by atoms with van der Waals surface area (Å²) < 4.78 is 0.931.